The summed E-state index contributed by atoms with van der Waals surface area (Å²) in [6.07, 6.45) is 0. The van der Waals surface area contributed by atoms with E-state index in [0.717, 1.165) is 11.3 Å². The molecule has 1 atom stereocenters. The number of anilines is 1. The van der Waals surface area contributed by atoms with E-state index >= 15 is 0 Å². The van der Waals surface area contributed by atoms with Gasteiger partial charge in [0.25, 0.3) is 5.69 Å². The molecule has 0 amide bonds. The number of halogens is 1. The first kappa shape index (κ1) is 13.0. The van der Waals surface area contributed by atoms with Crippen LogP contribution in [0.3, 0.4) is 0 Å². The number of non-ortho nitro benzene ring substituents is 1. The highest BCUT2D eigenvalue weighted by atomic mass is 19.1. The number of hydrogen-bond acceptors (Lipinski definition) is 3. The van der Waals surface area contributed by atoms with Crippen LogP contribution in [0.5, 0.6) is 0 Å². The number of benzene rings is 2. The van der Waals surface area contributed by atoms with Crippen molar-refractivity contribution in [1.29, 1.82) is 0 Å². The summed E-state index contributed by atoms with van der Waals surface area (Å²) in [6, 6.07) is 12.4. The van der Waals surface area contributed by atoms with Gasteiger partial charge in [-0.2, -0.15) is 0 Å². The van der Waals surface area contributed by atoms with Gasteiger partial charge in [-0.15, -0.1) is 0 Å². The van der Waals surface area contributed by atoms with Crippen molar-refractivity contribution in [3.63, 3.8) is 0 Å². The Morgan fingerprint density at radius 2 is 1.68 bits per heavy atom. The van der Waals surface area contributed by atoms with Gasteiger partial charge in [0.15, 0.2) is 0 Å². The van der Waals surface area contributed by atoms with Gasteiger partial charge in [0.2, 0.25) is 0 Å². The third-order valence-corrected chi connectivity index (χ3v) is 2.83. The monoisotopic (exact) mass is 260 g/mol. The second-order valence-corrected chi connectivity index (χ2v) is 4.22. The summed E-state index contributed by atoms with van der Waals surface area (Å²) >= 11 is 0. The average molecular weight is 260 g/mol. The fourth-order valence-electron chi connectivity index (χ4n) is 1.76. The van der Waals surface area contributed by atoms with Gasteiger partial charge < -0.3 is 5.32 Å². The van der Waals surface area contributed by atoms with Crippen molar-refractivity contribution in [3.05, 3.63) is 70.0 Å². The Kier molecular flexibility index (Phi) is 3.75. The summed E-state index contributed by atoms with van der Waals surface area (Å²) in [6.45, 7) is 1.94. The van der Waals surface area contributed by atoms with E-state index in [1.54, 1.807) is 24.3 Å². The molecule has 0 aliphatic rings. The molecule has 0 aromatic heterocycles. The van der Waals surface area contributed by atoms with Gasteiger partial charge in [0, 0.05) is 23.9 Å². The van der Waals surface area contributed by atoms with Gasteiger partial charge in [-0.1, -0.05) is 12.1 Å². The number of nitro groups is 1. The lowest BCUT2D eigenvalue weighted by Gasteiger charge is -2.15. The van der Waals surface area contributed by atoms with Crippen LogP contribution in [0.25, 0.3) is 0 Å². The SMILES string of the molecule is CC(Nc1ccc(F)cc1)c1ccc([N+](=O)[O-])cc1. The number of rotatable bonds is 4. The van der Waals surface area contributed by atoms with Gasteiger partial charge in [-0.25, -0.2) is 4.39 Å². The second-order valence-electron chi connectivity index (χ2n) is 4.22. The molecular formula is C14H13FN2O2. The van der Waals surface area contributed by atoms with Gasteiger partial charge in [0.1, 0.15) is 5.82 Å². The van der Waals surface area contributed by atoms with Crippen molar-refractivity contribution in [2.75, 3.05) is 5.32 Å². The van der Waals surface area contributed by atoms with Crippen LogP contribution >= 0.6 is 0 Å². The molecule has 4 nitrogen and oxygen atoms in total. The fraction of sp³-hybridized carbons (Fsp3) is 0.143. The molecule has 2 aromatic carbocycles. The normalized spacial score (nSPS) is 11.9. The molecule has 0 aliphatic heterocycles. The van der Waals surface area contributed by atoms with Crippen LogP contribution in [0.15, 0.2) is 48.5 Å². The molecule has 5 heteroatoms. The lowest BCUT2D eigenvalue weighted by atomic mass is 10.1. The van der Waals surface area contributed by atoms with Crippen molar-refractivity contribution in [2.45, 2.75) is 13.0 Å². The van der Waals surface area contributed by atoms with Crippen LogP contribution in [0.4, 0.5) is 15.8 Å². The first-order valence-corrected chi connectivity index (χ1v) is 5.83. The Hall–Kier alpha value is -2.43. The van der Waals surface area contributed by atoms with Crippen molar-refractivity contribution in [3.8, 4) is 0 Å². The highest BCUT2D eigenvalue weighted by Crippen LogP contribution is 2.21. The van der Waals surface area contributed by atoms with Gasteiger partial charge >= 0.3 is 0 Å². The molecule has 0 bridgehead atoms. The molecule has 98 valence electrons. The maximum absolute atomic E-state index is 12.8. The number of nitro benzene ring substituents is 1. The Bertz CT molecular complexity index is 567. The Balaban J connectivity index is 2.09. The Morgan fingerprint density at radius 3 is 2.21 bits per heavy atom. The van der Waals surface area contributed by atoms with Crippen LogP contribution < -0.4 is 5.32 Å². The molecule has 19 heavy (non-hydrogen) atoms. The minimum absolute atomic E-state index is 0.0220. The molecule has 0 saturated carbocycles. The Morgan fingerprint density at radius 1 is 1.11 bits per heavy atom. The first-order valence-electron chi connectivity index (χ1n) is 5.83. The second kappa shape index (κ2) is 5.48. The minimum atomic E-state index is -0.429. The fourth-order valence-corrected chi connectivity index (χ4v) is 1.76. The molecule has 0 aliphatic carbocycles. The largest absolute Gasteiger partial charge is 0.379 e. The zero-order valence-electron chi connectivity index (χ0n) is 10.3. The van der Waals surface area contributed by atoms with Gasteiger partial charge in [-0.05, 0) is 36.8 Å². The van der Waals surface area contributed by atoms with Crippen molar-refractivity contribution < 1.29 is 9.31 Å². The summed E-state index contributed by atoms with van der Waals surface area (Å²) < 4.78 is 12.8. The van der Waals surface area contributed by atoms with E-state index in [1.165, 1.54) is 24.3 Å². The predicted octanol–water partition coefficient (Wildman–Crippen LogP) is 3.91. The molecule has 0 spiro atoms. The standard InChI is InChI=1S/C14H13FN2O2/c1-10(16-13-6-4-12(15)5-7-13)11-2-8-14(9-3-11)17(18)19/h2-10,16H,1H3. The minimum Gasteiger partial charge on any atom is -0.379 e. The Labute approximate surface area is 110 Å². The highest BCUT2D eigenvalue weighted by molar-refractivity contribution is 5.46. The summed E-state index contributed by atoms with van der Waals surface area (Å²) in [4.78, 5) is 10.1. The summed E-state index contributed by atoms with van der Waals surface area (Å²) in [7, 11) is 0. The van der Waals surface area contributed by atoms with Crippen LogP contribution in [-0.4, -0.2) is 4.92 Å². The number of nitrogens with one attached hydrogen (secondary N) is 1. The van der Waals surface area contributed by atoms with E-state index in [9.17, 15) is 14.5 Å². The smallest absolute Gasteiger partial charge is 0.269 e. The molecule has 0 radical (unpaired) electrons. The quantitative estimate of drug-likeness (QED) is 0.669. The number of nitrogens with zero attached hydrogens (tertiary/aromatic N) is 1. The van der Waals surface area contributed by atoms with Gasteiger partial charge in [0.05, 0.1) is 4.92 Å². The van der Waals surface area contributed by atoms with E-state index in [-0.39, 0.29) is 17.5 Å². The lowest BCUT2D eigenvalue weighted by Crippen LogP contribution is -2.06. The summed E-state index contributed by atoms with van der Waals surface area (Å²) in [5, 5.41) is 13.8. The number of hydrogen-bond donors (Lipinski definition) is 1. The van der Waals surface area contributed by atoms with E-state index < -0.39 is 4.92 Å². The summed E-state index contributed by atoms with van der Waals surface area (Å²) in [5.41, 5.74) is 1.79. The van der Waals surface area contributed by atoms with Crippen LogP contribution in [-0.2, 0) is 0 Å². The molecule has 2 aromatic rings. The molecule has 0 fully saturated rings. The molecule has 1 N–H and O–H groups in total. The van der Waals surface area contributed by atoms with Crippen LogP contribution in [0.2, 0.25) is 0 Å². The molecule has 0 saturated heterocycles. The van der Waals surface area contributed by atoms with E-state index in [0.29, 0.717) is 0 Å². The van der Waals surface area contributed by atoms with E-state index in [4.69, 9.17) is 0 Å². The third kappa shape index (κ3) is 3.28. The zero-order valence-corrected chi connectivity index (χ0v) is 10.3. The first-order chi connectivity index (χ1) is 9.06. The maximum Gasteiger partial charge on any atom is 0.269 e. The van der Waals surface area contributed by atoms with Crippen molar-refractivity contribution in [2.24, 2.45) is 0 Å². The molecule has 1 unspecified atom stereocenters. The van der Waals surface area contributed by atoms with Crippen LogP contribution in [0, 0.1) is 15.9 Å². The topological polar surface area (TPSA) is 55.2 Å². The van der Waals surface area contributed by atoms with Crippen LogP contribution in [0.1, 0.15) is 18.5 Å². The van der Waals surface area contributed by atoms with Gasteiger partial charge in [-0.3, -0.25) is 10.1 Å². The average Bonchev–Trinajstić information content (AvgIpc) is 2.41. The van der Waals surface area contributed by atoms with E-state index in [2.05, 4.69) is 5.32 Å². The van der Waals surface area contributed by atoms with E-state index in [1.807, 2.05) is 6.92 Å². The molecule has 0 heterocycles. The molecule has 2 rings (SSSR count). The maximum atomic E-state index is 12.8. The van der Waals surface area contributed by atoms with Crippen molar-refractivity contribution >= 4 is 11.4 Å². The highest BCUT2D eigenvalue weighted by Gasteiger charge is 2.08. The summed E-state index contributed by atoms with van der Waals surface area (Å²) in [5.74, 6) is -0.284. The lowest BCUT2D eigenvalue weighted by molar-refractivity contribution is -0.384. The molecular weight excluding hydrogens is 247 g/mol. The van der Waals surface area contributed by atoms with Crippen molar-refractivity contribution in [1.82, 2.24) is 0 Å². The zero-order chi connectivity index (χ0) is 13.8. The third-order valence-electron chi connectivity index (χ3n) is 2.83. The predicted molar refractivity (Wildman–Crippen MR) is 71.5 cm³/mol.